The Morgan fingerprint density at radius 2 is 1.71 bits per heavy atom. The highest BCUT2D eigenvalue weighted by molar-refractivity contribution is 9.09. The summed E-state index contributed by atoms with van der Waals surface area (Å²) in [6.45, 7) is 4.24. The van der Waals surface area contributed by atoms with E-state index in [9.17, 15) is 4.79 Å². The molecule has 0 aliphatic carbocycles. The van der Waals surface area contributed by atoms with Crippen molar-refractivity contribution in [1.82, 2.24) is 0 Å². The first-order valence-electron chi connectivity index (χ1n) is 7.07. The van der Waals surface area contributed by atoms with Crippen LogP contribution < -0.4 is 4.90 Å². The second-order valence-electron chi connectivity index (χ2n) is 5.80. The van der Waals surface area contributed by atoms with Crippen LogP contribution in [0.2, 0.25) is 0 Å². The molecule has 1 unspecified atom stereocenters. The molecule has 1 atom stereocenters. The van der Waals surface area contributed by atoms with Crippen molar-refractivity contribution in [3.63, 3.8) is 0 Å². The third kappa shape index (κ3) is 2.62. The van der Waals surface area contributed by atoms with Gasteiger partial charge in [-0.3, -0.25) is 4.79 Å². The van der Waals surface area contributed by atoms with E-state index in [0.717, 1.165) is 11.3 Å². The summed E-state index contributed by atoms with van der Waals surface area (Å²) >= 11 is 3.80. The Labute approximate surface area is 133 Å². The van der Waals surface area contributed by atoms with Gasteiger partial charge in [-0.1, -0.05) is 57.4 Å². The Hall–Kier alpha value is -1.61. The third-order valence-corrected chi connectivity index (χ3v) is 5.07. The van der Waals surface area contributed by atoms with Gasteiger partial charge >= 0.3 is 0 Å². The van der Waals surface area contributed by atoms with E-state index in [4.69, 9.17) is 0 Å². The number of aryl methyl sites for hydroxylation is 2. The summed E-state index contributed by atoms with van der Waals surface area (Å²) in [5.74, 6) is 0.166. The van der Waals surface area contributed by atoms with Crippen LogP contribution in [0.3, 0.4) is 0 Å². The number of likely N-dealkylation sites (N-methyl/N-ethyl adjacent to an activating group) is 1. The zero-order chi connectivity index (χ0) is 15.1. The lowest BCUT2D eigenvalue weighted by Crippen LogP contribution is -2.20. The SMILES string of the molecule is Cc1cc(C)cc(C(Br)c2ccc3c(c2)CC(=O)N3C)c1. The maximum Gasteiger partial charge on any atom is 0.231 e. The van der Waals surface area contributed by atoms with Gasteiger partial charge in [0.1, 0.15) is 0 Å². The number of halogens is 1. The molecule has 21 heavy (non-hydrogen) atoms. The first-order chi connectivity index (χ1) is 9.95. The molecule has 0 saturated heterocycles. The van der Waals surface area contributed by atoms with E-state index >= 15 is 0 Å². The maximum atomic E-state index is 11.8. The van der Waals surface area contributed by atoms with Crippen molar-refractivity contribution in [1.29, 1.82) is 0 Å². The molecule has 0 N–H and O–H groups in total. The number of carbonyl (C=O) groups excluding carboxylic acids is 1. The largest absolute Gasteiger partial charge is 0.315 e. The molecule has 3 rings (SSSR count). The van der Waals surface area contributed by atoms with Gasteiger partial charge in [-0.15, -0.1) is 0 Å². The molecule has 3 heteroatoms. The van der Waals surface area contributed by atoms with Crippen LogP contribution in [0.4, 0.5) is 5.69 Å². The van der Waals surface area contributed by atoms with Crippen molar-refractivity contribution < 1.29 is 4.79 Å². The second-order valence-corrected chi connectivity index (χ2v) is 6.72. The van der Waals surface area contributed by atoms with E-state index in [1.165, 1.54) is 22.3 Å². The number of rotatable bonds is 2. The first-order valence-corrected chi connectivity index (χ1v) is 7.99. The molecule has 0 saturated carbocycles. The van der Waals surface area contributed by atoms with Crippen molar-refractivity contribution in [2.24, 2.45) is 0 Å². The van der Waals surface area contributed by atoms with Gasteiger partial charge in [0.15, 0.2) is 0 Å². The van der Waals surface area contributed by atoms with Gasteiger partial charge in [0.05, 0.1) is 11.2 Å². The molecule has 2 nitrogen and oxygen atoms in total. The molecule has 0 radical (unpaired) electrons. The number of alkyl halides is 1. The second kappa shape index (κ2) is 5.30. The number of amides is 1. The smallest absolute Gasteiger partial charge is 0.231 e. The molecule has 108 valence electrons. The van der Waals surface area contributed by atoms with E-state index in [1.54, 1.807) is 4.90 Å². The van der Waals surface area contributed by atoms with E-state index in [0.29, 0.717) is 6.42 Å². The number of hydrogen-bond acceptors (Lipinski definition) is 1. The van der Waals surface area contributed by atoms with E-state index in [1.807, 2.05) is 13.1 Å². The average Bonchev–Trinajstić information content (AvgIpc) is 2.71. The summed E-state index contributed by atoms with van der Waals surface area (Å²) in [4.78, 5) is 13.7. The minimum absolute atomic E-state index is 0.155. The Bertz CT molecular complexity index is 703. The number of carbonyl (C=O) groups is 1. The molecule has 1 heterocycles. The van der Waals surface area contributed by atoms with Crippen molar-refractivity contribution in [2.75, 3.05) is 11.9 Å². The third-order valence-electron chi connectivity index (χ3n) is 4.01. The van der Waals surface area contributed by atoms with Crippen molar-refractivity contribution in [2.45, 2.75) is 25.1 Å². The molecule has 1 aliphatic heterocycles. The monoisotopic (exact) mass is 343 g/mol. The highest BCUT2D eigenvalue weighted by Crippen LogP contribution is 2.36. The van der Waals surface area contributed by atoms with Gasteiger partial charge in [-0.25, -0.2) is 0 Å². The molecule has 1 amide bonds. The van der Waals surface area contributed by atoms with Crippen molar-refractivity contribution >= 4 is 27.5 Å². The van der Waals surface area contributed by atoms with Crippen molar-refractivity contribution in [3.8, 4) is 0 Å². The molecule has 0 aromatic heterocycles. The molecule has 0 spiro atoms. The Morgan fingerprint density at radius 1 is 1.05 bits per heavy atom. The molecule has 0 fully saturated rings. The number of anilines is 1. The molecule has 1 aliphatic rings. The van der Waals surface area contributed by atoms with E-state index in [-0.39, 0.29) is 10.7 Å². The molecular formula is C18H18BrNO. The number of nitrogens with zero attached hydrogens (tertiary/aromatic N) is 1. The summed E-state index contributed by atoms with van der Waals surface area (Å²) in [6.07, 6.45) is 0.506. The lowest BCUT2D eigenvalue weighted by atomic mass is 9.98. The molecule has 2 aromatic rings. The maximum absolute atomic E-state index is 11.8. The van der Waals surface area contributed by atoms with Crippen LogP contribution in [0, 0.1) is 13.8 Å². The summed E-state index contributed by atoms with van der Waals surface area (Å²) in [7, 11) is 1.84. The minimum atomic E-state index is 0.155. The summed E-state index contributed by atoms with van der Waals surface area (Å²) in [5.41, 5.74) is 7.14. The van der Waals surface area contributed by atoms with Crippen LogP contribution in [-0.2, 0) is 11.2 Å². The van der Waals surface area contributed by atoms with Gasteiger partial charge in [-0.2, -0.15) is 0 Å². The lowest BCUT2D eigenvalue weighted by molar-refractivity contribution is -0.117. The van der Waals surface area contributed by atoms with Gasteiger partial charge in [0.25, 0.3) is 0 Å². The normalized spacial score (nSPS) is 15.2. The highest BCUT2D eigenvalue weighted by atomic mass is 79.9. The van der Waals surface area contributed by atoms with Crippen molar-refractivity contribution in [3.05, 3.63) is 64.2 Å². The van der Waals surface area contributed by atoms with Crippen LogP contribution in [0.5, 0.6) is 0 Å². The van der Waals surface area contributed by atoms with Gasteiger partial charge < -0.3 is 4.90 Å². The van der Waals surface area contributed by atoms with Gasteiger partial charge in [0, 0.05) is 12.7 Å². The molecule has 0 bridgehead atoms. The summed E-state index contributed by atoms with van der Waals surface area (Å²) < 4.78 is 0. The minimum Gasteiger partial charge on any atom is -0.315 e. The van der Waals surface area contributed by atoms with Crippen LogP contribution >= 0.6 is 15.9 Å². The highest BCUT2D eigenvalue weighted by Gasteiger charge is 2.25. The summed E-state index contributed by atoms with van der Waals surface area (Å²) in [6, 6.07) is 12.9. The standard InChI is InChI=1S/C18H18BrNO/c1-11-6-12(2)8-15(7-11)18(19)13-4-5-16-14(9-13)10-17(21)20(16)3/h4-9,18H,10H2,1-3H3. The zero-order valence-electron chi connectivity index (χ0n) is 12.5. The number of hydrogen-bond donors (Lipinski definition) is 0. The fourth-order valence-electron chi connectivity index (χ4n) is 3.00. The van der Waals surface area contributed by atoms with Gasteiger partial charge in [-0.05, 0) is 36.6 Å². The Balaban J connectivity index is 1.98. The van der Waals surface area contributed by atoms with Crippen LogP contribution in [0.25, 0.3) is 0 Å². The summed E-state index contributed by atoms with van der Waals surface area (Å²) in [5, 5.41) is 0. The fraction of sp³-hybridized carbons (Fsp3) is 0.278. The number of fused-ring (bicyclic) bond motifs is 1. The van der Waals surface area contributed by atoms with Gasteiger partial charge in [0.2, 0.25) is 5.91 Å². The predicted molar refractivity (Wildman–Crippen MR) is 90.2 cm³/mol. The Kier molecular flexibility index (Phi) is 3.62. The fourth-order valence-corrected chi connectivity index (χ4v) is 3.55. The zero-order valence-corrected chi connectivity index (χ0v) is 14.1. The average molecular weight is 344 g/mol. The quantitative estimate of drug-likeness (QED) is 0.744. The van der Waals surface area contributed by atoms with Crippen LogP contribution in [-0.4, -0.2) is 13.0 Å². The van der Waals surface area contributed by atoms with Crippen LogP contribution in [0.15, 0.2) is 36.4 Å². The topological polar surface area (TPSA) is 20.3 Å². The van der Waals surface area contributed by atoms with E-state index < -0.39 is 0 Å². The van der Waals surface area contributed by atoms with E-state index in [2.05, 4.69) is 60.1 Å². The predicted octanol–water partition coefficient (Wildman–Crippen LogP) is 4.31. The lowest BCUT2D eigenvalue weighted by Gasteiger charge is -2.15. The first kappa shape index (κ1) is 14.3. The Morgan fingerprint density at radius 3 is 2.38 bits per heavy atom. The molecule has 2 aromatic carbocycles. The number of benzene rings is 2. The molecular weight excluding hydrogens is 326 g/mol. The van der Waals surface area contributed by atoms with Crippen LogP contribution in [0.1, 0.15) is 32.6 Å².